The van der Waals surface area contributed by atoms with E-state index in [0.717, 1.165) is 18.4 Å². The molecule has 0 aliphatic rings. The summed E-state index contributed by atoms with van der Waals surface area (Å²) in [7, 11) is 1.57. The Morgan fingerprint density at radius 3 is 2.69 bits per heavy atom. The number of aromatic nitrogens is 2. The van der Waals surface area contributed by atoms with Gasteiger partial charge in [-0.15, -0.1) is 6.58 Å². The Kier molecular flexibility index (Phi) is 6.39. The van der Waals surface area contributed by atoms with Crippen molar-refractivity contribution in [3.63, 3.8) is 0 Å². The molecule has 7 heteroatoms. The van der Waals surface area contributed by atoms with E-state index in [1.165, 1.54) is 0 Å². The largest absolute Gasteiger partial charge is 0.493 e. The van der Waals surface area contributed by atoms with Crippen LogP contribution in [0.25, 0.3) is 11.3 Å². The van der Waals surface area contributed by atoms with Crippen LogP contribution in [0.5, 0.6) is 11.5 Å². The third-order valence-corrected chi connectivity index (χ3v) is 3.80. The number of anilines is 2. The van der Waals surface area contributed by atoms with Gasteiger partial charge in [-0.2, -0.15) is 10.2 Å². The van der Waals surface area contributed by atoms with Gasteiger partial charge in [-0.05, 0) is 25.0 Å². The van der Waals surface area contributed by atoms with Gasteiger partial charge in [-0.1, -0.05) is 19.4 Å². The summed E-state index contributed by atoms with van der Waals surface area (Å²) in [5, 5.41) is 9.43. The van der Waals surface area contributed by atoms with E-state index in [4.69, 9.17) is 20.9 Å². The molecule has 136 valence electrons. The average Bonchev–Trinajstić information content (AvgIpc) is 2.62. The Labute approximate surface area is 153 Å². The number of unbranched alkanes of at least 4 members (excludes halogenated alkanes) is 1. The van der Waals surface area contributed by atoms with E-state index in [0.29, 0.717) is 35.8 Å². The Balaban J connectivity index is 2.63. The molecule has 2 aromatic rings. The highest BCUT2D eigenvalue weighted by molar-refractivity contribution is 5.75. The summed E-state index contributed by atoms with van der Waals surface area (Å²) in [6.07, 6.45) is 4.32. The van der Waals surface area contributed by atoms with E-state index in [2.05, 4.69) is 23.5 Å². The second-order valence-corrected chi connectivity index (χ2v) is 5.66. The number of rotatable bonds is 8. The van der Waals surface area contributed by atoms with Crippen LogP contribution in [0.1, 0.15) is 30.9 Å². The number of methoxy groups -OCH3 is 1. The second-order valence-electron chi connectivity index (χ2n) is 5.66. The van der Waals surface area contributed by atoms with E-state index in [1.807, 2.05) is 12.1 Å². The number of nitrogen functional groups attached to an aromatic ring is 2. The smallest absolute Gasteiger partial charge is 0.222 e. The minimum Gasteiger partial charge on any atom is -0.493 e. The molecule has 0 aliphatic heterocycles. The summed E-state index contributed by atoms with van der Waals surface area (Å²) in [6.45, 7) is 6.49. The van der Waals surface area contributed by atoms with Crippen LogP contribution < -0.4 is 20.9 Å². The summed E-state index contributed by atoms with van der Waals surface area (Å²) in [5.74, 6) is 1.26. The number of allylic oxidation sites excluding steroid dienone is 1. The lowest BCUT2D eigenvalue weighted by molar-refractivity contribution is 0.286. The predicted molar refractivity (Wildman–Crippen MR) is 102 cm³/mol. The van der Waals surface area contributed by atoms with E-state index in [-0.39, 0.29) is 17.3 Å². The number of hydrogen-bond donors (Lipinski definition) is 2. The van der Waals surface area contributed by atoms with Gasteiger partial charge >= 0.3 is 0 Å². The summed E-state index contributed by atoms with van der Waals surface area (Å²) in [5.41, 5.74) is 13.6. The molecule has 0 atom stereocenters. The van der Waals surface area contributed by atoms with Gasteiger partial charge in [0, 0.05) is 11.1 Å². The molecule has 0 saturated heterocycles. The first kappa shape index (κ1) is 19.1. The minimum atomic E-state index is 0.00371. The number of benzene rings is 1. The maximum absolute atomic E-state index is 9.43. The third-order valence-electron chi connectivity index (χ3n) is 3.80. The lowest BCUT2D eigenvalue weighted by Crippen LogP contribution is -2.06. The summed E-state index contributed by atoms with van der Waals surface area (Å²) in [4.78, 5) is 8.05. The molecule has 0 unspecified atom stereocenters. The van der Waals surface area contributed by atoms with Gasteiger partial charge in [0.2, 0.25) is 5.95 Å². The molecule has 0 amide bonds. The number of nitriles is 1. The van der Waals surface area contributed by atoms with Crippen LogP contribution >= 0.6 is 0 Å². The normalized spacial score (nSPS) is 10.2. The van der Waals surface area contributed by atoms with Gasteiger partial charge in [0.1, 0.15) is 17.5 Å². The van der Waals surface area contributed by atoms with Crippen molar-refractivity contribution in [3.8, 4) is 28.8 Å². The Hall–Kier alpha value is -3.27. The van der Waals surface area contributed by atoms with Crippen molar-refractivity contribution in [2.24, 2.45) is 0 Å². The van der Waals surface area contributed by atoms with Gasteiger partial charge in [0.25, 0.3) is 0 Å². The highest BCUT2D eigenvalue weighted by atomic mass is 16.5. The van der Waals surface area contributed by atoms with Gasteiger partial charge in [0.15, 0.2) is 11.5 Å². The van der Waals surface area contributed by atoms with Crippen molar-refractivity contribution in [1.29, 1.82) is 5.26 Å². The van der Waals surface area contributed by atoms with Gasteiger partial charge in [0.05, 0.1) is 19.4 Å². The summed E-state index contributed by atoms with van der Waals surface area (Å²) >= 11 is 0. The maximum atomic E-state index is 9.43. The van der Waals surface area contributed by atoms with Crippen molar-refractivity contribution in [2.45, 2.75) is 26.2 Å². The molecule has 26 heavy (non-hydrogen) atoms. The molecule has 0 bridgehead atoms. The van der Waals surface area contributed by atoms with Crippen molar-refractivity contribution < 1.29 is 9.47 Å². The molecule has 0 aliphatic carbocycles. The minimum absolute atomic E-state index is 0.00371. The molecule has 2 rings (SSSR count). The number of nitrogens with two attached hydrogens (primary N) is 2. The monoisotopic (exact) mass is 353 g/mol. The first-order valence-corrected chi connectivity index (χ1v) is 8.33. The molecule has 1 heterocycles. The number of ether oxygens (including phenoxy) is 2. The van der Waals surface area contributed by atoms with Crippen LogP contribution in [-0.4, -0.2) is 23.7 Å². The highest BCUT2D eigenvalue weighted by Gasteiger charge is 2.18. The van der Waals surface area contributed by atoms with E-state index in [1.54, 1.807) is 19.3 Å². The standard InChI is InChI=1S/C19H23N5O2/c1-4-6-8-26-17-12(7-5-2)9-13(10-15(17)25-3)16-14(11-20)18(21)24-19(22)23-16/h5,9-10H,2,4,6-8H2,1,3H3,(H4,21,22,23,24). The zero-order valence-corrected chi connectivity index (χ0v) is 15.1. The maximum Gasteiger partial charge on any atom is 0.222 e. The fraction of sp³-hybridized carbons (Fsp3) is 0.316. The third kappa shape index (κ3) is 4.03. The summed E-state index contributed by atoms with van der Waals surface area (Å²) in [6, 6.07) is 5.68. The Morgan fingerprint density at radius 2 is 2.08 bits per heavy atom. The van der Waals surface area contributed by atoms with Crippen LogP contribution in [0.15, 0.2) is 24.8 Å². The van der Waals surface area contributed by atoms with Crippen molar-refractivity contribution in [1.82, 2.24) is 9.97 Å². The molecule has 1 aromatic carbocycles. The van der Waals surface area contributed by atoms with Gasteiger partial charge < -0.3 is 20.9 Å². The van der Waals surface area contributed by atoms with E-state index < -0.39 is 0 Å². The number of nitrogens with zero attached hydrogens (tertiary/aromatic N) is 3. The predicted octanol–water partition coefficient (Wildman–Crippen LogP) is 3.10. The first-order valence-electron chi connectivity index (χ1n) is 8.33. The van der Waals surface area contributed by atoms with Crippen LogP contribution in [-0.2, 0) is 6.42 Å². The molecular weight excluding hydrogens is 330 g/mol. The van der Waals surface area contributed by atoms with E-state index >= 15 is 0 Å². The van der Waals surface area contributed by atoms with Crippen LogP contribution in [0, 0.1) is 11.3 Å². The van der Waals surface area contributed by atoms with Gasteiger partial charge in [-0.3, -0.25) is 0 Å². The molecule has 0 saturated carbocycles. The Morgan fingerprint density at radius 1 is 1.31 bits per heavy atom. The molecule has 0 radical (unpaired) electrons. The zero-order chi connectivity index (χ0) is 19.1. The summed E-state index contributed by atoms with van der Waals surface area (Å²) < 4.78 is 11.4. The first-order chi connectivity index (χ1) is 12.5. The second kappa shape index (κ2) is 8.72. The molecule has 4 N–H and O–H groups in total. The molecule has 7 nitrogen and oxygen atoms in total. The quantitative estimate of drug-likeness (QED) is 0.552. The molecule has 1 aromatic heterocycles. The highest BCUT2D eigenvalue weighted by Crippen LogP contribution is 2.38. The lowest BCUT2D eigenvalue weighted by Gasteiger charge is -2.17. The molecule has 0 fully saturated rings. The fourth-order valence-electron chi connectivity index (χ4n) is 2.55. The molecule has 0 spiro atoms. The van der Waals surface area contributed by atoms with Crippen LogP contribution in [0.4, 0.5) is 11.8 Å². The van der Waals surface area contributed by atoms with Crippen molar-refractivity contribution in [3.05, 3.63) is 35.9 Å². The topological polar surface area (TPSA) is 120 Å². The van der Waals surface area contributed by atoms with Crippen molar-refractivity contribution in [2.75, 3.05) is 25.2 Å². The lowest BCUT2D eigenvalue weighted by atomic mass is 10.0. The van der Waals surface area contributed by atoms with E-state index in [9.17, 15) is 5.26 Å². The van der Waals surface area contributed by atoms with Crippen LogP contribution in [0.3, 0.4) is 0 Å². The fourth-order valence-corrected chi connectivity index (χ4v) is 2.55. The zero-order valence-electron chi connectivity index (χ0n) is 15.1. The Bertz CT molecular complexity index is 843. The molecular formula is C19H23N5O2. The van der Waals surface area contributed by atoms with Gasteiger partial charge in [-0.25, -0.2) is 4.98 Å². The van der Waals surface area contributed by atoms with Crippen molar-refractivity contribution >= 4 is 11.8 Å². The number of hydrogen-bond acceptors (Lipinski definition) is 7. The van der Waals surface area contributed by atoms with Crippen LogP contribution in [0.2, 0.25) is 0 Å². The SMILES string of the molecule is C=CCc1cc(-c2nc(N)nc(N)c2C#N)cc(OC)c1OCCCC. The average molecular weight is 353 g/mol.